The van der Waals surface area contributed by atoms with Crippen LogP contribution in [0.3, 0.4) is 0 Å². The zero-order chi connectivity index (χ0) is 12.6. The normalized spacial score (nSPS) is 23.7. The summed E-state index contributed by atoms with van der Waals surface area (Å²) in [5.41, 5.74) is 0.349. The van der Waals surface area contributed by atoms with Crippen molar-refractivity contribution in [3.63, 3.8) is 0 Å². The van der Waals surface area contributed by atoms with Crippen LogP contribution in [0.1, 0.15) is 46.5 Å². The van der Waals surface area contributed by atoms with Crippen LogP contribution in [0, 0.1) is 17.3 Å². The lowest BCUT2D eigenvalue weighted by atomic mass is 9.75. The third-order valence-electron chi connectivity index (χ3n) is 4.33. The maximum Gasteiger partial charge on any atom is 0.226 e. The summed E-state index contributed by atoms with van der Waals surface area (Å²) < 4.78 is 0. The highest BCUT2D eigenvalue weighted by molar-refractivity contribution is 5.96. The molecule has 0 unspecified atom stereocenters. The second-order valence-electron chi connectivity index (χ2n) is 6.61. The topological polar surface area (TPSA) is 37.4 Å². The number of amides is 1. The first-order valence-corrected chi connectivity index (χ1v) is 6.68. The van der Waals surface area contributed by atoms with Crippen molar-refractivity contribution in [1.82, 2.24) is 4.90 Å². The molecule has 17 heavy (non-hydrogen) atoms. The molecule has 1 saturated carbocycles. The van der Waals surface area contributed by atoms with Gasteiger partial charge in [0, 0.05) is 25.9 Å². The molecule has 1 aliphatic carbocycles. The van der Waals surface area contributed by atoms with E-state index < -0.39 is 0 Å². The summed E-state index contributed by atoms with van der Waals surface area (Å²) in [5.74, 6) is 1.19. The van der Waals surface area contributed by atoms with Crippen molar-refractivity contribution in [3.8, 4) is 0 Å². The minimum Gasteiger partial charge on any atom is -0.342 e. The highest BCUT2D eigenvalue weighted by atomic mass is 16.2. The summed E-state index contributed by atoms with van der Waals surface area (Å²) in [6, 6.07) is 0. The molecule has 3 heteroatoms. The summed E-state index contributed by atoms with van der Waals surface area (Å²) in [7, 11) is 0. The maximum absolute atomic E-state index is 12.1. The summed E-state index contributed by atoms with van der Waals surface area (Å²) in [4.78, 5) is 24.9. The predicted octanol–water partition coefficient (Wildman–Crippen LogP) is 2.25. The molecular formula is C14H23NO2. The Kier molecular flexibility index (Phi) is 3.28. The fraction of sp³-hybridized carbons (Fsp3) is 0.857. The number of carbonyl (C=O) groups is 2. The molecule has 1 aliphatic heterocycles. The highest BCUT2D eigenvalue weighted by Crippen LogP contribution is 2.35. The van der Waals surface area contributed by atoms with Crippen LogP contribution in [0.15, 0.2) is 0 Å². The quantitative estimate of drug-likeness (QED) is 0.701. The molecule has 0 bridgehead atoms. The van der Waals surface area contributed by atoms with E-state index in [0.717, 1.165) is 31.8 Å². The van der Waals surface area contributed by atoms with Gasteiger partial charge in [-0.05, 0) is 24.2 Å². The van der Waals surface area contributed by atoms with Gasteiger partial charge in [-0.1, -0.05) is 20.8 Å². The molecule has 2 rings (SSSR count). The lowest BCUT2D eigenvalue weighted by Gasteiger charge is -2.40. The number of hydrogen-bond acceptors (Lipinski definition) is 2. The summed E-state index contributed by atoms with van der Waals surface area (Å²) in [6.45, 7) is 8.59. The van der Waals surface area contributed by atoms with Crippen LogP contribution in [0.4, 0.5) is 0 Å². The van der Waals surface area contributed by atoms with Gasteiger partial charge in [0.05, 0.1) is 5.92 Å². The Morgan fingerprint density at radius 3 is 2.12 bits per heavy atom. The van der Waals surface area contributed by atoms with Gasteiger partial charge in [-0.25, -0.2) is 0 Å². The highest BCUT2D eigenvalue weighted by Gasteiger charge is 2.37. The Balaban J connectivity index is 1.83. The largest absolute Gasteiger partial charge is 0.342 e. The minimum absolute atomic E-state index is 0.00804. The van der Waals surface area contributed by atoms with Gasteiger partial charge >= 0.3 is 0 Å². The van der Waals surface area contributed by atoms with Crippen molar-refractivity contribution in [2.75, 3.05) is 13.1 Å². The summed E-state index contributed by atoms with van der Waals surface area (Å²) >= 11 is 0. The van der Waals surface area contributed by atoms with E-state index in [4.69, 9.17) is 0 Å². The second-order valence-corrected chi connectivity index (χ2v) is 6.61. The monoisotopic (exact) mass is 237 g/mol. The number of rotatable bonds is 1. The molecule has 0 aromatic carbocycles. The maximum atomic E-state index is 12.1. The fourth-order valence-electron chi connectivity index (χ4n) is 2.89. The molecule has 0 N–H and O–H groups in total. The molecule has 0 spiro atoms. The molecule has 1 amide bonds. The molecule has 3 nitrogen and oxygen atoms in total. The lowest BCUT2D eigenvalue weighted by Crippen LogP contribution is -2.46. The van der Waals surface area contributed by atoms with Gasteiger partial charge in [-0.3, -0.25) is 9.59 Å². The number of hydrogen-bond donors (Lipinski definition) is 0. The van der Waals surface area contributed by atoms with Crippen LogP contribution in [0.25, 0.3) is 0 Å². The Hall–Kier alpha value is -0.860. The smallest absolute Gasteiger partial charge is 0.226 e. The first-order valence-electron chi connectivity index (χ1n) is 6.68. The molecule has 96 valence electrons. The molecule has 0 radical (unpaired) electrons. The van der Waals surface area contributed by atoms with E-state index in [0.29, 0.717) is 18.3 Å². The molecule has 0 atom stereocenters. The van der Waals surface area contributed by atoms with Crippen LogP contribution in [0.5, 0.6) is 0 Å². The zero-order valence-corrected chi connectivity index (χ0v) is 11.2. The van der Waals surface area contributed by atoms with E-state index >= 15 is 0 Å². The van der Waals surface area contributed by atoms with Gasteiger partial charge in [0.2, 0.25) is 5.91 Å². The Morgan fingerprint density at radius 1 is 1.18 bits per heavy atom. The second kappa shape index (κ2) is 4.43. The van der Waals surface area contributed by atoms with E-state index in [1.807, 2.05) is 4.90 Å². The molecule has 1 heterocycles. The Morgan fingerprint density at radius 2 is 1.71 bits per heavy atom. The van der Waals surface area contributed by atoms with Crippen molar-refractivity contribution < 1.29 is 9.59 Å². The van der Waals surface area contributed by atoms with Crippen molar-refractivity contribution in [2.24, 2.45) is 17.3 Å². The standard InChI is InChI=1S/C14H23NO2/c1-14(2,3)11-4-6-15(7-5-11)13(17)10-8-12(16)9-10/h10-11H,4-9H2,1-3H3. The summed E-state index contributed by atoms with van der Waals surface area (Å²) in [5, 5.41) is 0. The van der Waals surface area contributed by atoms with Gasteiger partial charge in [-0.15, -0.1) is 0 Å². The van der Waals surface area contributed by atoms with Gasteiger partial charge in [0.15, 0.2) is 0 Å². The first kappa shape index (κ1) is 12.6. The molecule has 0 aromatic heterocycles. The van der Waals surface area contributed by atoms with Crippen molar-refractivity contribution in [1.29, 1.82) is 0 Å². The van der Waals surface area contributed by atoms with Crippen LogP contribution in [0.2, 0.25) is 0 Å². The van der Waals surface area contributed by atoms with E-state index in [1.54, 1.807) is 0 Å². The molecule has 1 saturated heterocycles. The molecule has 2 aliphatic rings. The minimum atomic E-state index is 0.00804. The van der Waals surface area contributed by atoms with E-state index in [1.165, 1.54) is 0 Å². The first-order chi connectivity index (χ1) is 7.88. The van der Waals surface area contributed by atoms with Crippen LogP contribution < -0.4 is 0 Å². The third kappa shape index (κ3) is 2.70. The van der Waals surface area contributed by atoms with E-state index in [9.17, 15) is 9.59 Å². The van der Waals surface area contributed by atoms with Gasteiger partial charge in [-0.2, -0.15) is 0 Å². The molecule has 2 fully saturated rings. The number of ketones is 1. The molecule has 0 aromatic rings. The average molecular weight is 237 g/mol. The van der Waals surface area contributed by atoms with Gasteiger partial charge in [0.25, 0.3) is 0 Å². The van der Waals surface area contributed by atoms with Gasteiger partial charge in [0.1, 0.15) is 5.78 Å². The molecular weight excluding hydrogens is 214 g/mol. The summed E-state index contributed by atoms with van der Waals surface area (Å²) in [6.07, 6.45) is 3.18. The van der Waals surface area contributed by atoms with Crippen LogP contribution >= 0.6 is 0 Å². The van der Waals surface area contributed by atoms with E-state index in [2.05, 4.69) is 20.8 Å². The van der Waals surface area contributed by atoms with Crippen LogP contribution in [-0.2, 0) is 9.59 Å². The Labute approximate surface area is 104 Å². The van der Waals surface area contributed by atoms with Gasteiger partial charge < -0.3 is 4.90 Å². The van der Waals surface area contributed by atoms with Crippen molar-refractivity contribution in [3.05, 3.63) is 0 Å². The number of Topliss-reactive ketones (excluding diaryl/α,β-unsaturated/α-hetero) is 1. The fourth-order valence-corrected chi connectivity index (χ4v) is 2.89. The zero-order valence-electron chi connectivity index (χ0n) is 11.2. The Bertz CT molecular complexity index is 314. The van der Waals surface area contributed by atoms with Crippen LogP contribution in [-0.4, -0.2) is 29.7 Å². The predicted molar refractivity (Wildman–Crippen MR) is 66.5 cm³/mol. The number of piperidine rings is 1. The van der Waals surface area contributed by atoms with E-state index in [-0.39, 0.29) is 17.6 Å². The third-order valence-corrected chi connectivity index (χ3v) is 4.33. The van der Waals surface area contributed by atoms with Crippen molar-refractivity contribution >= 4 is 11.7 Å². The SMILES string of the molecule is CC(C)(C)C1CCN(C(=O)C2CC(=O)C2)CC1. The average Bonchev–Trinajstić information content (AvgIpc) is 2.23. The van der Waals surface area contributed by atoms with Crippen molar-refractivity contribution in [2.45, 2.75) is 46.5 Å². The number of carbonyl (C=O) groups excluding carboxylic acids is 2. The number of likely N-dealkylation sites (tertiary alicyclic amines) is 1. The number of nitrogens with zero attached hydrogens (tertiary/aromatic N) is 1. The lowest BCUT2D eigenvalue weighted by molar-refractivity contribution is -0.146.